The first kappa shape index (κ1) is 12.1. The largest absolute Gasteiger partial charge is 0.335 e. The molecule has 1 aliphatic rings. The summed E-state index contributed by atoms with van der Waals surface area (Å²) in [6.45, 7) is 0.386. The standard InChI is InChI=1S/C13H14N4OS/c18-13(17-10-1-2-10)16-7-11-12(15-5-4-14-11)9-3-6-19-8-9/h3-6,8,10H,1-2,7H2,(H2,16,17,18). The molecule has 0 atom stereocenters. The van der Waals surface area contributed by atoms with Gasteiger partial charge in [-0.05, 0) is 24.3 Å². The molecule has 2 amide bonds. The fraction of sp³-hybridized carbons (Fsp3) is 0.308. The van der Waals surface area contributed by atoms with Crippen molar-refractivity contribution >= 4 is 17.4 Å². The SMILES string of the molecule is O=C(NCc1nccnc1-c1ccsc1)NC1CC1. The average Bonchev–Trinajstić information content (AvgIpc) is 3.07. The van der Waals surface area contributed by atoms with Gasteiger partial charge >= 0.3 is 6.03 Å². The van der Waals surface area contributed by atoms with Crippen LogP contribution in [-0.4, -0.2) is 22.0 Å². The molecule has 0 bridgehead atoms. The van der Waals surface area contributed by atoms with Crippen molar-refractivity contribution in [1.29, 1.82) is 0 Å². The van der Waals surface area contributed by atoms with E-state index < -0.39 is 0 Å². The zero-order valence-corrected chi connectivity index (χ0v) is 11.1. The number of carbonyl (C=O) groups is 1. The second-order valence-electron chi connectivity index (χ2n) is 4.46. The van der Waals surface area contributed by atoms with E-state index in [2.05, 4.69) is 20.6 Å². The number of carbonyl (C=O) groups excluding carboxylic acids is 1. The fourth-order valence-corrected chi connectivity index (χ4v) is 2.41. The molecule has 2 aromatic heterocycles. The van der Waals surface area contributed by atoms with Crippen molar-refractivity contribution < 1.29 is 4.79 Å². The maximum atomic E-state index is 11.6. The summed E-state index contributed by atoms with van der Waals surface area (Å²) in [5.74, 6) is 0. The molecule has 0 aliphatic heterocycles. The summed E-state index contributed by atoms with van der Waals surface area (Å²) in [5.41, 5.74) is 2.65. The lowest BCUT2D eigenvalue weighted by molar-refractivity contribution is 0.240. The van der Waals surface area contributed by atoms with E-state index in [-0.39, 0.29) is 6.03 Å². The van der Waals surface area contributed by atoms with E-state index in [1.54, 1.807) is 23.7 Å². The molecule has 2 heterocycles. The minimum atomic E-state index is -0.135. The summed E-state index contributed by atoms with van der Waals surface area (Å²) in [4.78, 5) is 20.2. The molecule has 1 aliphatic carbocycles. The van der Waals surface area contributed by atoms with Gasteiger partial charge in [-0.25, -0.2) is 4.79 Å². The number of hydrogen-bond donors (Lipinski definition) is 2. The predicted octanol–water partition coefficient (Wildman–Crippen LogP) is 2.17. The van der Waals surface area contributed by atoms with Gasteiger partial charge in [-0.15, -0.1) is 0 Å². The van der Waals surface area contributed by atoms with Gasteiger partial charge in [0.05, 0.1) is 17.9 Å². The van der Waals surface area contributed by atoms with Crippen LogP contribution < -0.4 is 10.6 Å². The summed E-state index contributed by atoms with van der Waals surface area (Å²) in [6, 6.07) is 2.23. The summed E-state index contributed by atoms with van der Waals surface area (Å²) < 4.78 is 0. The molecule has 5 nitrogen and oxygen atoms in total. The Labute approximate surface area is 115 Å². The molecular formula is C13H14N4OS. The zero-order valence-electron chi connectivity index (χ0n) is 10.3. The number of nitrogens with one attached hydrogen (secondary N) is 2. The first-order valence-electron chi connectivity index (χ1n) is 6.20. The van der Waals surface area contributed by atoms with Crippen molar-refractivity contribution in [2.75, 3.05) is 0 Å². The highest BCUT2D eigenvalue weighted by atomic mass is 32.1. The van der Waals surface area contributed by atoms with E-state index in [1.165, 1.54) is 0 Å². The highest BCUT2D eigenvalue weighted by Crippen LogP contribution is 2.22. The van der Waals surface area contributed by atoms with Crippen LogP contribution in [0, 0.1) is 0 Å². The molecule has 0 unspecified atom stereocenters. The van der Waals surface area contributed by atoms with E-state index in [0.717, 1.165) is 29.8 Å². The Hall–Kier alpha value is -1.95. The maximum Gasteiger partial charge on any atom is 0.315 e. The van der Waals surface area contributed by atoms with Crippen LogP contribution in [0.2, 0.25) is 0 Å². The molecule has 98 valence electrons. The number of hydrogen-bond acceptors (Lipinski definition) is 4. The molecule has 2 aromatic rings. The average molecular weight is 274 g/mol. The van der Waals surface area contributed by atoms with Gasteiger partial charge in [-0.2, -0.15) is 11.3 Å². The monoisotopic (exact) mass is 274 g/mol. The quantitative estimate of drug-likeness (QED) is 0.898. The predicted molar refractivity (Wildman–Crippen MR) is 73.7 cm³/mol. The Morgan fingerprint density at radius 3 is 2.95 bits per heavy atom. The van der Waals surface area contributed by atoms with Gasteiger partial charge in [0, 0.05) is 29.4 Å². The Bertz CT molecular complexity index is 566. The molecule has 1 saturated carbocycles. The Balaban J connectivity index is 1.68. The lowest BCUT2D eigenvalue weighted by atomic mass is 10.2. The van der Waals surface area contributed by atoms with E-state index in [0.29, 0.717) is 12.6 Å². The molecule has 0 spiro atoms. The van der Waals surface area contributed by atoms with Gasteiger partial charge < -0.3 is 10.6 Å². The number of rotatable bonds is 4. The highest BCUT2D eigenvalue weighted by Gasteiger charge is 2.23. The van der Waals surface area contributed by atoms with Crippen molar-refractivity contribution in [3.8, 4) is 11.3 Å². The normalized spacial score (nSPS) is 14.1. The lowest BCUT2D eigenvalue weighted by Crippen LogP contribution is -2.36. The Kier molecular flexibility index (Phi) is 3.41. The highest BCUT2D eigenvalue weighted by molar-refractivity contribution is 7.08. The summed E-state index contributed by atoms with van der Waals surface area (Å²) in [7, 11) is 0. The fourth-order valence-electron chi connectivity index (χ4n) is 1.76. The van der Waals surface area contributed by atoms with Crippen LogP contribution in [0.25, 0.3) is 11.3 Å². The van der Waals surface area contributed by atoms with E-state index in [9.17, 15) is 4.79 Å². The molecule has 3 rings (SSSR count). The second-order valence-corrected chi connectivity index (χ2v) is 5.24. The van der Waals surface area contributed by atoms with Crippen molar-refractivity contribution in [2.45, 2.75) is 25.4 Å². The summed E-state index contributed by atoms with van der Waals surface area (Å²) in [5, 5.41) is 9.73. The molecule has 6 heteroatoms. The zero-order chi connectivity index (χ0) is 13.1. The van der Waals surface area contributed by atoms with E-state index in [4.69, 9.17) is 0 Å². The van der Waals surface area contributed by atoms with Crippen LogP contribution in [-0.2, 0) is 6.54 Å². The number of nitrogens with zero attached hydrogens (tertiary/aromatic N) is 2. The third-order valence-corrected chi connectivity index (χ3v) is 3.58. The number of amides is 2. The third kappa shape index (κ3) is 3.08. The maximum absolute atomic E-state index is 11.6. The van der Waals surface area contributed by atoms with Crippen molar-refractivity contribution in [2.24, 2.45) is 0 Å². The summed E-state index contributed by atoms with van der Waals surface area (Å²) in [6.07, 6.45) is 5.48. The van der Waals surface area contributed by atoms with E-state index >= 15 is 0 Å². The molecular weight excluding hydrogens is 260 g/mol. The van der Waals surface area contributed by atoms with Gasteiger partial charge in [0.15, 0.2) is 0 Å². The smallest absolute Gasteiger partial charge is 0.315 e. The van der Waals surface area contributed by atoms with Crippen LogP contribution in [0.15, 0.2) is 29.2 Å². The number of urea groups is 1. The van der Waals surface area contributed by atoms with Gasteiger partial charge in [-0.3, -0.25) is 9.97 Å². The second kappa shape index (κ2) is 5.36. The summed E-state index contributed by atoms with van der Waals surface area (Å²) >= 11 is 1.62. The number of thiophene rings is 1. The van der Waals surface area contributed by atoms with Crippen LogP contribution in [0.1, 0.15) is 18.5 Å². The molecule has 0 radical (unpaired) electrons. The Morgan fingerprint density at radius 2 is 2.21 bits per heavy atom. The number of aromatic nitrogens is 2. The van der Waals surface area contributed by atoms with Crippen molar-refractivity contribution in [3.05, 3.63) is 34.9 Å². The minimum Gasteiger partial charge on any atom is -0.335 e. The molecule has 2 N–H and O–H groups in total. The van der Waals surface area contributed by atoms with Gasteiger partial charge in [0.2, 0.25) is 0 Å². The van der Waals surface area contributed by atoms with Crippen molar-refractivity contribution in [1.82, 2.24) is 20.6 Å². The first-order chi connectivity index (χ1) is 9.33. The third-order valence-electron chi connectivity index (χ3n) is 2.90. The molecule has 0 saturated heterocycles. The van der Waals surface area contributed by atoms with E-state index in [1.807, 2.05) is 16.8 Å². The van der Waals surface area contributed by atoms with Gasteiger partial charge in [0.1, 0.15) is 0 Å². The Morgan fingerprint density at radius 1 is 1.37 bits per heavy atom. The lowest BCUT2D eigenvalue weighted by Gasteiger charge is -2.08. The first-order valence-corrected chi connectivity index (χ1v) is 7.14. The van der Waals surface area contributed by atoms with Crippen LogP contribution in [0.3, 0.4) is 0 Å². The van der Waals surface area contributed by atoms with Crippen LogP contribution >= 0.6 is 11.3 Å². The minimum absolute atomic E-state index is 0.135. The van der Waals surface area contributed by atoms with Crippen LogP contribution in [0.4, 0.5) is 4.79 Å². The van der Waals surface area contributed by atoms with Crippen molar-refractivity contribution in [3.63, 3.8) is 0 Å². The molecule has 0 aromatic carbocycles. The van der Waals surface area contributed by atoms with Crippen LogP contribution in [0.5, 0.6) is 0 Å². The molecule has 1 fully saturated rings. The topological polar surface area (TPSA) is 66.9 Å². The van der Waals surface area contributed by atoms with Gasteiger partial charge in [-0.1, -0.05) is 0 Å². The van der Waals surface area contributed by atoms with Gasteiger partial charge in [0.25, 0.3) is 0 Å². The molecule has 19 heavy (non-hydrogen) atoms.